The van der Waals surface area contributed by atoms with E-state index in [1.807, 2.05) is 56.3 Å². The number of primary amides is 1. The maximum Gasteiger partial charge on any atom is 0.240 e. The van der Waals surface area contributed by atoms with Gasteiger partial charge in [0.25, 0.3) is 0 Å². The number of hydrogen-bond donors (Lipinski definition) is 2. The van der Waals surface area contributed by atoms with Crippen LogP contribution >= 0.6 is 0 Å². The van der Waals surface area contributed by atoms with Gasteiger partial charge in [0.1, 0.15) is 6.04 Å². The van der Waals surface area contributed by atoms with Gasteiger partial charge in [0, 0.05) is 0 Å². The molecule has 0 aliphatic rings. The smallest absolute Gasteiger partial charge is 0.240 e. The second-order valence-corrected chi connectivity index (χ2v) is 5.55. The zero-order chi connectivity index (χ0) is 15.4. The second kappa shape index (κ2) is 6.39. The molecule has 2 rings (SSSR count). The summed E-state index contributed by atoms with van der Waals surface area (Å²) < 4.78 is 0. The molecule has 1 atom stereocenters. The Hall–Kier alpha value is -2.36. The molecule has 0 bridgehead atoms. The van der Waals surface area contributed by atoms with E-state index in [9.17, 15) is 9.59 Å². The highest BCUT2D eigenvalue weighted by Crippen LogP contribution is 2.16. The Kier molecular flexibility index (Phi) is 4.58. The van der Waals surface area contributed by atoms with Crippen molar-refractivity contribution in [2.75, 3.05) is 0 Å². The Morgan fingerprint density at radius 2 is 1.76 bits per heavy atom. The minimum absolute atomic E-state index is 0.0250. The molecular weight excluding hydrogens is 264 g/mol. The number of benzene rings is 2. The number of nitrogens with one attached hydrogen (secondary N) is 1. The SMILES string of the molecule is CC(C)[C@@H](NC(=O)Cc1ccc2ccccc2c1)C(N)=O. The first-order valence-corrected chi connectivity index (χ1v) is 7.03. The molecule has 0 heterocycles. The summed E-state index contributed by atoms with van der Waals surface area (Å²) in [6.07, 6.45) is 0.237. The van der Waals surface area contributed by atoms with Crippen LogP contribution in [0.25, 0.3) is 10.8 Å². The second-order valence-electron chi connectivity index (χ2n) is 5.55. The Balaban J connectivity index is 2.08. The van der Waals surface area contributed by atoms with Gasteiger partial charge in [0.05, 0.1) is 6.42 Å². The van der Waals surface area contributed by atoms with Crippen LogP contribution in [0.2, 0.25) is 0 Å². The topological polar surface area (TPSA) is 72.2 Å². The molecule has 0 aliphatic carbocycles. The third-order valence-corrected chi connectivity index (χ3v) is 3.47. The first kappa shape index (κ1) is 15.0. The molecule has 110 valence electrons. The lowest BCUT2D eigenvalue weighted by Crippen LogP contribution is -2.48. The molecule has 2 aromatic rings. The number of carbonyl (C=O) groups is 2. The molecule has 4 nitrogen and oxygen atoms in total. The standard InChI is InChI=1S/C17H20N2O2/c1-11(2)16(17(18)21)19-15(20)10-12-7-8-13-5-3-4-6-14(13)9-12/h3-9,11,16H,10H2,1-2H3,(H2,18,21)(H,19,20)/t16-/m1/s1. The molecule has 21 heavy (non-hydrogen) atoms. The minimum Gasteiger partial charge on any atom is -0.368 e. The lowest BCUT2D eigenvalue weighted by atomic mass is 10.0. The van der Waals surface area contributed by atoms with Crippen molar-refractivity contribution in [3.8, 4) is 0 Å². The van der Waals surface area contributed by atoms with E-state index in [4.69, 9.17) is 5.73 Å². The molecule has 0 saturated heterocycles. The summed E-state index contributed by atoms with van der Waals surface area (Å²) in [6, 6.07) is 13.3. The molecule has 2 amide bonds. The average molecular weight is 284 g/mol. The van der Waals surface area contributed by atoms with Crippen LogP contribution in [0.15, 0.2) is 42.5 Å². The Labute approximate surface area is 124 Å². The highest BCUT2D eigenvalue weighted by Gasteiger charge is 2.21. The fourth-order valence-corrected chi connectivity index (χ4v) is 2.32. The molecule has 0 radical (unpaired) electrons. The van der Waals surface area contributed by atoms with Gasteiger partial charge in [-0.2, -0.15) is 0 Å². The largest absolute Gasteiger partial charge is 0.368 e. The summed E-state index contributed by atoms with van der Waals surface area (Å²) in [5.74, 6) is -0.720. The maximum absolute atomic E-state index is 12.0. The first-order chi connectivity index (χ1) is 9.97. The predicted molar refractivity (Wildman–Crippen MR) is 83.6 cm³/mol. The van der Waals surface area contributed by atoms with Crippen LogP contribution in [-0.4, -0.2) is 17.9 Å². The number of fused-ring (bicyclic) bond motifs is 1. The third-order valence-electron chi connectivity index (χ3n) is 3.47. The van der Waals surface area contributed by atoms with Crippen LogP contribution in [0, 0.1) is 5.92 Å². The summed E-state index contributed by atoms with van der Waals surface area (Å²) in [6.45, 7) is 3.71. The van der Waals surface area contributed by atoms with Gasteiger partial charge in [0.15, 0.2) is 0 Å². The van der Waals surface area contributed by atoms with Crippen molar-refractivity contribution < 1.29 is 9.59 Å². The minimum atomic E-state index is -0.627. The van der Waals surface area contributed by atoms with Crippen molar-refractivity contribution in [3.63, 3.8) is 0 Å². The van der Waals surface area contributed by atoms with Gasteiger partial charge < -0.3 is 11.1 Å². The van der Waals surface area contributed by atoms with Gasteiger partial charge in [0.2, 0.25) is 11.8 Å². The molecule has 0 aliphatic heterocycles. The molecule has 2 aromatic carbocycles. The van der Waals surface area contributed by atoms with Crippen molar-refractivity contribution >= 4 is 22.6 Å². The van der Waals surface area contributed by atoms with Crippen molar-refractivity contribution in [2.24, 2.45) is 11.7 Å². The molecule has 0 spiro atoms. The van der Waals surface area contributed by atoms with Gasteiger partial charge in [-0.3, -0.25) is 9.59 Å². The lowest BCUT2D eigenvalue weighted by molar-refractivity contribution is -0.127. The van der Waals surface area contributed by atoms with E-state index in [0.29, 0.717) is 0 Å². The Morgan fingerprint density at radius 1 is 1.10 bits per heavy atom. The number of nitrogens with two attached hydrogens (primary N) is 1. The highest BCUT2D eigenvalue weighted by atomic mass is 16.2. The van der Waals surface area contributed by atoms with Crippen molar-refractivity contribution in [1.29, 1.82) is 0 Å². The van der Waals surface area contributed by atoms with E-state index in [2.05, 4.69) is 5.32 Å². The van der Waals surface area contributed by atoms with E-state index in [0.717, 1.165) is 16.3 Å². The number of hydrogen-bond acceptors (Lipinski definition) is 2. The zero-order valence-corrected chi connectivity index (χ0v) is 12.3. The van der Waals surface area contributed by atoms with Gasteiger partial charge in [-0.15, -0.1) is 0 Å². The van der Waals surface area contributed by atoms with E-state index in [-0.39, 0.29) is 18.2 Å². The molecule has 0 saturated carbocycles. The fourth-order valence-electron chi connectivity index (χ4n) is 2.32. The van der Waals surface area contributed by atoms with Gasteiger partial charge in [-0.05, 0) is 22.3 Å². The zero-order valence-electron chi connectivity index (χ0n) is 12.3. The van der Waals surface area contributed by atoms with Crippen LogP contribution < -0.4 is 11.1 Å². The predicted octanol–water partition coefficient (Wildman–Crippen LogP) is 2.01. The monoisotopic (exact) mass is 284 g/mol. The maximum atomic E-state index is 12.0. The van der Waals surface area contributed by atoms with Crippen LogP contribution in [-0.2, 0) is 16.0 Å². The van der Waals surface area contributed by atoms with Gasteiger partial charge in [-0.1, -0.05) is 56.3 Å². The molecule has 4 heteroatoms. The fraction of sp³-hybridized carbons (Fsp3) is 0.294. The van der Waals surface area contributed by atoms with Crippen LogP contribution in [0.5, 0.6) is 0 Å². The van der Waals surface area contributed by atoms with Crippen molar-refractivity contribution in [3.05, 3.63) is 48.0 Å². The molecule has 0 fully saturated rings. The van der Waals surface area contributed by atoms with E-state index in [1.54, 1.807) is 0 Å². The quantitative estimate of drug-likeness (QED) is 0.881. The molecular formula is C17H20N2O2. The summed E-state index contributed by atoms with van der Waals surface area (Å²) >= 11 is 0. The van der Waals surface area contributed by atoms with Crippen LogP contribution in [0.3, 0.4) is 0 Å². The number of rotatable bonds is 5. The van der Waals surface area contributed by atoms with E-state index >= 15 is 0 Å². The average Bonchev–Trinajstić information content (AvgIpc) is 2.44. The number of carbonyl (C=O) groups excluding carboxylic acids is 2. The van der Waals surface area contributed by atoms with Gasteiger partial charge in [-0.25, -0.2) is 0 Å². The highest BCUT2D eigenvalue weighted by molar-refractivity contribution is 5.89. The molecule has 3 N–H and O–H groups in total. The molecule has 0 aromatic heterocycles. The first-order valence-electron chi connectivity index (χ1n) is 7.03. The third kappa shape index (κ3) is 3.81. The summed E-state index contributed by atoms with van der Waals surface area (Å²) in [5.41, 5.74) is 6.22. The lowest BCUT2D eigenvalue weighted by Gasteiger charge is -2.18. The van der Waals surface area contributed by atoms with E-state index in [1.165, 1.54) is 0 Å². The Bertz CT molecular complexity index is 665. The number of amides is 2. The van der Waals surface area contributed by atoms with Gasteiger partial charge >= 0.3 is 0 Å². The summed E-state index contributed by atoms with van der Waals surface area (Å²) in [5, 5.41) is 4.93. The van der Waals surface area contributed by atoms with E-state index < -0.39 is 11.9 Å². The van der Waals surface area contributed by atoms with Crippen LogP contribution in [0.1, 0.15) is 19.4 Å². The van der Waals surface area contributed by atoms with Crippen LogP contribution in [0.4, 0.5) is 0 Å². The van der Waals surface area contributed by atoms with Crippen molar-refractivity contribution in [1.82, 2.24) is 5.32 Å². The normalized spacial score (nSPS) is 12.3. The van der Waals surface area contributed by atoms with Crippen molar-refractivity contribution in [2.45, 2.75) is 26.3 Å². The summed E-state index contributed by atoms with van der Waals surface area (Å²) in [7, 11) is 0. The summed E-state index contributed by atoms with van der Waals surface area (Å²) in [4.78, 5) is 23.4. The Morgan fingerprint density at radius 3 is 2.38 bits per heavy atom. The molecule has 0 unspecified atom stereocenters.